The monoisotopic (exact) mass is 269 g/mol. The lowest BCUT2D eigenvalue weighted by Gasteiger charge is -2.34. The van der Waals surface area contributed by atoms with Crippen molar-refractivity contribution >= 4 is 5.97 Å². The molecule has 1 fully saturated rings. The van der Waals surface area contributed by atoms with Gasteiger partial charge in [-0.25, -0.2) is 0 Å². The lowest BCUT2D eigenvalue weighted by atomic mass is 9.94. The van der Waals surface area contributed by atoms with E-state index >= 15 is 0 Å². The van der Waals surface area contributed by atoms with E-state index in [9.17, 15) is 18.0 Å². The van der Waals surface area contributed by atoms with Gasteiger partial charge in [-0.1, -0.05) is 0 Å². The standard InChI is InChI=1S/C11H18F3NO3/c12-11(13,14)9(10(17)18)7-15-4-1-2-8(6-15)3-5-16/h8-9,16H,1-7H2,(H,17,18). The molecule has 1 saturated heterocycles. The Balaban J connectivity index is 2.56. The summed E-state index contributed by atoms with van der Waals surface area (Å²) in [4.78, 5) is 12.2. The summed E-state index contributed by atoms with van der Waals surface area (Å²) in [6, 6.07) is 0. The first-order chi connectivity index (χ1) is 8.34. The molecule has 1 rings (SSSR count). The van der Waals surface area contributed by atoms with Crippen molar-refractivity contribution in [2.24, 2.45) is 11.8 Å². The van der Waals surface area contributed by atoms with Crippen molar-refractivity contribution in [3.63, 3.8) is 0 Å². The normalized spacial score (nSPS) is 23.9. The highest BCUT2D eigenvalue weighted by atomic mass is 19.4. The van der Waals surface area contributed by atoms with Crippen LogP contribution in [0, 0.1) is 11.8 Å². The van der Waals surface area contributed by atoms with Crippen LogP contribution >= 0.6 is 0 Å². The summed E-state index contributed by atoms with van der Waals surface area (Å²) in [6.07, 6.45) is -2.54. The Morgan fingerprint density at radius 1 is 1.44 bits per heavy atom. The summed E-state index contributed by atoms with van der Waals surface area (Å²) in [5.41, 5.74) is 0. The van der Waals surface area contributed by atoms with Crippen LogP contribution in [0.3, 0.4) is 0 Å². The van der Waals surface area contributed by atoms with Crippen LogP contribution in [0.5, 0.6) is 0 Å². The Hall–Kier alpha value is -0.820. The molecule has 0 saturated carbocycles. The van der Waals surface area contributed by atoms with Gasteiger partial charge in [0.2, 0.25) is 0 Å². The fourth-order valence-corrected chi connectivity index (χ4v) is 2.32. The first-order valence-electron chi connectivity index (χ1n) is 5.97. The summed E-state index contributed by atoms with van der Waals surface area (Å²) in [7, 11) is 0. The molecule has 2 N–H and O–H groups in total. The molecule has 0 aromatic carbocycles. The van der Waals surface area contributed by atoms with E-state index in [1.165, 1.54) is 4.90 Å². The second kappa shape index (κ2) is 6.38. The number of nitrogens with zero attached hydrogens (tertiary/aromatic N) is 1. The highest BCUT2D eigenvalue weighted by molar-refractivity contribution is 5.71. The number of hydrogen-bond donors (Lipinski definition) is 2. The zero-order chi connectivity index (χ0) is 13.8. The zero-order valence-electron chi connectivity index (χ0n) is 9.99. The van der Waals surface area contributed by atoms with Gasteiger partial charge in [0.15, 0.2) is 5.92 Å². The Kier molecular flexibility index (Phi) is 5.40. The minimum absolute atomic E-state index is 0.0140. The number of aliphatic hydroxyl groups excluding tert-OH is 1. The number of aliphatic carboxylic acids is 1. The van der Waals surface area contributed by atoms with Crippen LogP contribution in [0.25, 0.3) is 0 Å². The van der Waals surface area contributed by atoms with E-state index < -0.39 is 24.6 Å². The highest BCUT2D eigenvalue weighted by Gasteiger charge is 2.46. The fourth-order valence-electron chi connectivity index (χ4n) is 2.32. The van der Waals surface area contributed by atoms with Crippen LogP contribution in [-0.4, -0.2) is 53.5 Å². The molecule has 0 spiro atoms. The molecule has 106 valence electrons. The minimum Gasteiger partial charge on any atom is -0.481 e. The topological polar surface area (TPSA) is 60.8 Å². The number of piperidine rings is 1. The van der Waals surface area contributed by atoms with Gasteiger partial charge < -0.3 is 15.1 Å². The summed E-state index contributed by atoms with van der Waals surface area (Å²) < 4.78 is 37.6. The number of aliphatic hydroxyl groups is 1. The first-order valence-corrected chi connectivity index (χ1v) is 5.97. The Bertz CT molecular complexity index is 281. The minimum atomic E-state index is -4.71. The van der Waals surface area contributed by atoms with Gasteiger partial charge in [-0.2, -0.15) is 13.2 Å². The Morgan fingerprint density at radius 2 is 2.11 bits per heavy atom. The maximum absolute atomic E-state index is 12.5. The van der Waals surface area contributed by atoms with E-state index in [1.807, 2.05) is 0 Å². The van der Waals surface area contributed by atoms with Crippen LogP contribution in [-0.2, 0) is 4.79 Å². The summed E-state index contributed by atoms with van der Waals surface area (Å²) in [5.74, 6) is -4.00. The maximum Gasteiger partial charge on any atom is 0.403 e. The van der Waals surface area contributed by atoms with Crippen LogP contribution in [0.15, 0.2) is 0 Å². The summed E-state index contributed by atoms with van der Waals surface area (Å²) in [5, 5.41) is 17.4. The van der Waals surface area contributed by atoms with Crippen LogP contribution in [0.1, 0.15) is 19.3 Å². The van der Waals surface area contributed by atoms with Gasteiger partial charge in [0.25, 0.3) is 0 Å². The zero-order valence-corrected chi connectivity index (χ0v) is 9.99. The number of hydrogen-bond acceptors (Lipinski definition) is 3. The van der Waals surface area contributed by atoms with Gasteiger partial charge in [0, 0.05) is 19.7 Å². The van der Waals surface area contributed by atoms with Crippen molar-refractivity contribution in [3.05, 3.63) is 0 Å². The molecule has 2 atom stereocenters. The SMILES string of the molecule is O=C(O)C(CN1CCCC(CCO)C1)C(F)(F)F. The van der Waals surface area contributed by atoms with Crippen molar-refractivity contribution in [3.8, 4) is 0 Å². The summed E-state index contributed by atoms with van der Waals surface area (Å²) >= 11 is 0. The molecule has 1 aliphatic heterocycles. The first kappa shape index (κ1) is 15.2. The maximum atomic E-state index is 12.5. The molecule has 7 heteroatoms. The number of carboxylic acid groups (broad SMARTS) is 1. The predicted molar refractivity (Wildman–Crippen MR) is 58.0 cm³/mol. The van der Waals surface area contributed by atoms with Gasteiger partial charge in [-0.05, 0) is 31.7 Å². The van der Waals surface area contributed by atoms with Crippen LogP contribution < -0.4 is 0 Å². The van der Waals surface area contributed by atoms with Crippen LogP contribution in [0.4, 0.5) is 13.2 Å². The second-order valence-electron chi connectivity index (χ2n) is 4.71. The molecule has 0 aliphatic carbocycles. The van der Waals surface area contributed by atoms with Gasteiger partial charge in [-0.3, -0.25) is 4.79 Å². The van der Waals surface area contributed by atoms with Gasteiger partial charge in [0.05, 0.1) is 0 Å². The molecule has 4 nitrogen and oxygen atoms in total. The third-order valence-corrected chi connectivity index (χ3v) is 3.27. The second-order valence-corrected chi connectivity index (χ2v) is 4.71. The molecule has 18 heavy (non-hydrogen) atoms. The molecular formula is C11H18F3NO3. The molecule has 0 radical (unpaired) electrons. The third kappa shape index (κ3) is 4.45. The van der Waals surface area contributed by atoms with Gasteiger partial charge >= 0.3 is 12.1 Å². The lowest BCUT2D eigenvalue weighted by Crippen LogP contribution is -2.45. The molecule has 1 heterocycles. The number of halogens is 3. The molecule has 0 bridgehead atoms. The quantitative estimate of drug-likeness (QED) is 0.790. The highest BCUT2D eigenvalue weighted by Crippen LogP contribution is 2.29. The number of rotatable bonds is 5. The van der Waals surface area contributed by atoms with Crippen molar-refractivity contribution in [2.75, 3.05) is 26.2 Å². The molecular weight excluding hydrogens is 251 g/mol. The van der Waals surface area contributed by atoms with Crippen molar-refractivity contribution in [2.45, 2.75) is 25.4 Å². The van der Waals surface area contributed by atoms with E-state index in [0.717, 1.165) is 12.8 Å². The average Bonchev–Trinajstić information content (AvgIpc) is 2.25. The molecule has 2 unspecified atom stereocenters. The number of likely N-dealkylation sites (tertiary alicyclic amines) is 1. The smallest absolute Gasteiger partial charge is 0.403 e. The number of carboxylic acids is 1. The third-order valence-electron chi connectivity index (χ3n) is 3.27. The van der Waals surface area contributed by atoms with E-state index in [2.05, 4.69) is 0 Å². The van der Waals surface area contributed by atoms with E-state index in [4.69, 9.17) is 10.2 Å². The van der Waals surface area contributed by atoms with Gasteiger partial charge in [0.1, 0.15) is 0 Å². The number of alkyl halides is 3. The fraction of sp³-hybridized carbons (Fsp3) is 0.909. The van der Waals surface area contributed by atoms with Crippen molar-refractivity contribution in [1.82, 2.24) is 4.90 Å². The molecule has 0 aromatic heterocycles. The summed E-state index contributed by atoms with van der Waals surface area (Å²) in [6.45, 7) is 0.434. The van der Waals surface area contributed by atoms with Gasteiger partial charge in [-0.15, -0.1) is 0 Å². The Morgan fingerprint density at radius 3 is 2.61 bits per heavy atom. The molecule has 1 aliphatic rings. The van der Waals surface area contributed by atoms with E-state index in [0.29, 0.717) is 19.5 Å². The number of carbonyl (C=O) groups is 1. The van der Waals surface area contributed by atoms with Crippen LogP contribution in [0.2, 0.25) is 0 Å². The Labute approximate surface area is 103 Å². The van der Waals surface area contributed by atoms with Crippen molar-refractivity contribution in [1.29, 1.82) is 0 Å². The predicted octanol–water partition coefficient (Wildman–Crippen LogP) is 1.34. The van der Waals surface area contributed by atoms with E-state index in [1.54, 1.807) is 0 Å². The lowest BCUT2D eigenvalue weighted by molar-refractivity contribution is -0.197. The molecule has 0 aromatic rings. The van der Waals surface area contributed by atoms with Crippen molar-refractivity contribution < 1.29 is 28.2 Å². The molecule has 0 amide bonds. The average molecular weight is 269 g/mol. The largest absolute Gasteiger partial charge is 0.481 e. The van der Waals surface area contributed by atoms with E-state index in [-0.39, 0.29) is 12.5 Å².